The van der Waals surface area contributed by atoms with E-state index in [1.165, 1.54) is 38.5 Å². The molecule has 0 saturated heterocycles. The molecule has 0 radical (unpaired) electrons. The topological polar surface area (TPSA) is 26.0 Å². The van der Waals surface area contributed by atoms with Crippen LogP contribution in [0, 0.1) is 35.5 Å². The van der Waals surface area contributed by atoms with Gasteiger partial charge >= 0.3 is 0 Å². The molecule has 2 rings (SSSR count). The highest BCUT2D eigenvalue weighted by Gasteiger charge is 2.38. The van der Waals surface area contributed by atoms with Crippen molar-refractivity contribution < 1.29 is 0 Å². The average molecular weight is 251 g/mol. The molecule has 1 nitrogen and oxygen atoms in total. The standard InChI is InChI=1S/C17H33N/c1-11(2)16-10-17(13(4)9-12(16)3)14-5-7-15(18)8-6-14/h11-17H,5-10,18H2,1-4H3. The van der Waals surface area contributed by atoms with E-state index in [4.69, 9.17) is 5.73 Å². The smallest absolute Gasteiger partial charge is 0.00390 e. The minimum atomic E-state index is 0.500. The van der Waals surface area contributed by atoms with E-state index in [1.807, 2.05) is 0 Å². The van der Waals surface area contributed by atoms with Gasteiger partial charge in [-0.3, -0.25) is 0 Å². The Balaban J connectivity index is 1.98. The lowest BCUT2D eigenvalue weighted by molar-refractivity contribution is 0.0488. The lowest BCUT2D eigenvalue weighted by Gasteiger charge is -2.45. The number of hydrogen-bond acceptors (Lipinski definition) is 1. The maximum Gasteiger partial charge on any atom is 0.00390 e. The minimum absolute atomic E-state index is 0.500. The van der Waals surface area contributed by atoms with Crippen LogP contribution < -0.4 is 5.73 Å². The van der Waals surface area contributed by atoms with E-state index in [0.717, 1.165) is 35.5 Å². The van der Waals surface area contributed by atoms with Gasteiger partial charge in [-0.1, -0.05) is 27.7 Å². The Morgan fingerprint density at radius 2 is 1.50 bits per heavy atom. The molecule has 0 heterocycles. The first-order valence-electron chi connectivity index (χ1n) is 8.24. The van der Waals surface area contributed by atoms with Gasteiger partial charge in [-0.15, -0.1) is 0 Å². The van der Waals surface area contributed by atoms with Crippen LogP contribution >= 0.6 is 0 Å². The van der Waals surface area contributed by atoms with E-state index in [0.29, 0.717) is 6.04 Å². The summed E-state index contributed by atoms with van der Waals surface area (Å²) in [4.78, 5) is 0. The Labute approximate surface area is 114 Å². The van der Waals surface area contributed by atoms with Gasteiger partial charge in [-0.2, -0.15) is 0 Å². The summed E-state index contributed by atoms with van der Waals surface area (Å²) in [6, 6.07) is 0.500. The molecule has 0 aliphatic heterocycles. The molecule has 0 aromatic rings. The fraction of sp³-hybridized carbons (Fsp3) is 1.00. The second kappa shape index (κ2) is 5.94. The highest BCUT2D eigenvalue weighted by Crippen LogP contribution is 2.47. The first-order valence-corrected chi connectivity index (χ1v) is 8.24. The van der Waals surface area contributed by atoms with Crippen molar-refractivity contribution in [1.82, 2.24) is 0 Å². The van der Waals surface area contributed by atoms with Crippen LogP contribution in [0.5, 0.6) is 0 Å². The molecular weight excluding hydrogens is 218 g/mol. The fourth-order valence-corrected chi connectivity index (χ4v) is 4.87. The van der Waals surface area contributed by atoms with Crippen LogP contribution in [0.3, 0.4) is 0 Å². The van der Waals surface area contributed by atoms with Gasteiger partial charge in [0.15, 0.2) is 0 Å². The third-order valence-electron chi connectivity index (χ3n) is 6.03. The SMILES string of the molecule is CC(C)C1CC(C2CCC(N)CC2)C(C)CC1C. The van der Waals surface area contributed by atoms with Crippen LogP contribution in [0.1, 0.15) is 66.2 Å². The maximum absolute atomic E-state index is 6.06. The Morgan fingerprint density at radius 1 is 0.889 bits per heavy atom. The summed E-state index contributed by atoms with van der Waals surface area (Å²) in [5.41, 5.74) is 6.06. The lowest BCUT2D eigenvalue weighted by atomic mass is 9.60. The van der Waals surface area contributed by atoms with Crippen LogP contribution in [0.25, 0.3) is 0 Å². The van der Waals surface area contributed by atoms with Crippen molar-refractivity contribution in [2.45, 2.75) is 72.3 Å². The zero-order valence-electron chi connectivity index (χ0n) is 12.9. The molecule has 18 heavy (non-hydrogen) atoms. The van der Waals surface area contributed by atoms with Crippen LogP contribution in [0.4, 0.5) is 0 Å². The predicted molar refractivity (Wildman–Crippen MR) is 79.3 cm³/mol. The summed E-state index contributed by atoms with van der Waals surface area (Å²) in [5.74, 6) is 5.66. The monoisotopic (exact) mass is 251 g/mol. The molecule has 0 bridgehead atoms. The minimum Gasteiger partial charge on any atom is -0.328 e. The third-order valence-corrected chi connectivity index (χ3v) is 6.03. The summed E-state index contributed by atoms with van der Waals surface area (Å²) in [6.45, 7) is 9.83. The molecule has 0 aromatic carbocycles. The number of rotatable bonds is 2. The van der Waals surface area contributed by atoms with E-state index < -0.39 is 0 Å². The summed E-state index contributed by atoms with van der Waals surface area (Å²) >= 11 is 0. The molecule has 4 unspecified atom stereocenters. The fourth-order valence-electron chi connectivity index (χ4n) is 4.87. The van der Waals surface area contributed by atoms with E-state index in [9.17, 15) is 0 Å². The van der Waals surface area contributed by atoms with E-state index in [2.05, 4.69) is 27.7 Å². The maximum atomic E-state index is 6.06. The van der Waals surface area contributed by atoms with Crippen molar-refractivity contribution in [3.63, 3.8) is 0 Å². The Morgan fingerprint density at radius 3 is 2.06 bits per heavy atom. The van der Waals surface area contributed by atoms with Crippen molar-refractivity contribution in [2.75, 3.05) is 0 Å². The van der Waals surface area contributed by atoms with Crippen LogP contribution in [-0.2, 0) is 0 Å². The lowest BCUT2D eigenvalue weighted by Crippen LogP contribution is -2.38. The second-order valence-electron chi connectivity index (χ2n) is 7.67. The Kier molecular flexibility index (Phi) is 4.75. The summed E-state index contributed by atoms with van der Waals surface area (Å²) in [6.07, 6.45) is 8.28. The van der Waals surface area contributed by atoms with Crippen LogP contribution in [0.2, 0.25) is 0 Å². The van der Waals surface area contributed by atoms with E-state index in [-0.39, 0.29) is 0 Å². The molecular formula is C17H33N. The third kappa shape index (κ3) is 3.10. The molecule has 4 atom stereocenters. The molecule has 2 fully saturated rings. The molecule has 2 N–H and O–H groups in total. The molecule has 2 aliphatic rings. The zero-order valence-corrected chi connectivity index (χ0v) is 12.9. The van der Waals surface area contributed by atoms with E-state index >= 15 is 0 Å². The van der Waals surface area contributed by atoms with Gasteiger partial charge in [0.05, 0.1) is 0 Å². The van der Waals surface area contributed by atoms with Gasteiger partial charge < -0.3 is 5.73 Å². The zero-order chi connectivity index (χ0) is 13.3. The largest absolute Gasteiger partial charge is 0.328 e. The highest BCUT2D eigenvalue weighted by molar-refractivity contribution is 4.89. The van der Waals surface area contributed by atoms with Crippen LogP contribution in [0.15, 0.2) is 0 Å². The predicted octanol–water partition coefficient (Wildman–Crippen LogP) is 4.46. The number of hydrogen-bond donors (Lipinski definition) is 1. The highest BCUT2D eigenvalue weighted by atomic mass is 14.6. The van der Waals surface area contributed by atoms with Crippen molar-refractivity contribution in [3.8, 4) is 0 Å². The molecule has 1 heteroatoms. The van der Waals surface area contributed by atoms with Crippen LogP contribution in [-0.4, -0.2) is 6.04 Å². The Bertz CT molecular complexity index is 252. The van der Waals surface area contributed by atoms with Crippen molar-refractivity contribution in [2.24, 2.45) is 41.2 Å². The molecule has 0 amide bonds. The average Bonchev–Trinajstić information content (AvgIpc) is 2.30. The first-order chi connectivity index (χ1) is 8.49. The summed E-state index contributed by atoms with van der Waals surface area (Å²) in [7, 11) is 0. The number of nitrogens with two attached hydrogens (primary N) is 1. The molecule has 2 aliphatic carbocycles. The summed E-state index contributed by atoms with van der Waals surface area (Å²) < 4.78 is 0. The van der Waals surface area contributed by atoms with Gasteiger partial charge in [0.25, 0.3) is 0 Å². The molecule has 0 spiro atoms. The molecule has 106 valence electrons. The van der Waals surface area contributed by atoms with Gasteiger partial charge in [0.2, 0.25) is 0 Å². The first kappa shape index (κ1) is 14.4. The van der Waals surface area contributed by atoms with Crippen molar-refractivity contribution in [3.05, 3.63) is 0 Å². The van der Waals surface area contributed by atoms with Gasteiger partial charge in [0.1, 0.15) is 0 Å². The Hall–Kier alpha value is -0.0400. The normalized spacial score (nSPS) is 46.3. The van der Waals surface area contributed by atoms with Gasteiger partial charge in [-0.25, -0.2) is 0 Å². The van der Waals surface area contributed by atoms with Crippen molar-refractivity contribution >= 4 is 0 Å². The quantitative estimate of drug-likeness (QED) is 0.770. The van der Waals surface area contributed by atoms with Gasteiger partial charge in [-0.05, 0) is 74.0 Å². The van der Waals surface area contributed by atoms with Crippen molar-refractivity contribution in [1.29, 1.82) is 0 Å². The summed E-state index contributed by atoms with van der Waals surface area (Å²) in [5, 5.41) is 0. The van der Waals surface area contributed by atoms with Gasteiger partial charge in [0, 0.05) is 6.04 Å². The van der Waals surface area contributed by atoms with E-state index in [1.54, 1.807) is 0 Å². The molecule has 2 saturated carbocycles. The molecule has 0 aromatic heterocycles. The second-order valence-corrected chi connectivity index (χ2v) is 7.67.